The molecule has 0 aliphatic heterocycles. The van der Waals surface area contributed by atoms with Crippen molar-refractivity contribution in [2.75, 3.05) is 5.32 Å². The zero-order chi connectivity index (χ0) is 13.8. The normalized spacial score (nSPS) is 10.4. The molecule has 1 aromatic heterocycles. The zero-order valence-electron chi connectivity index (χ0n) is 10.9. The Balaban J connectivity index is 1.84. The van der Waals surface area contributed by atoms with Crippen LogP contribution in [0.5, 0.6) is 5.75 Å². The van der Waals surface area contributed by atoms with Crippen molar-refractivity contribution in [3.8, 4) is 16.2 Å². The van der Waals surface area contributed by atoms with Gasteiger partial charge in [-0.2, -0.15) is 0 Å². The lowest BCUT2D eigenvalue weighted by Gasteiger charge is -2.11. The van der Waals surface area contributed by atoms with Crippen LogP contribution >= 0.6 is 11.3 Å². The van der Waals surface area contributed by atoms with E-state index in [-0.39, 0.29) is 0 Å². The molecule has 0 aliphatic carbocycles. The highest BCUT2D eigenvalue weighted by Gasteiger charge is 2.06. The highest BCUT2D eigenvalue weighted by molar-refractivity contribution is 7.13. The maximum absolute atomic E-state index is 9.80. The maximum Gasteiger partial charge on any atom is 0.120 e. The van der Waals surface area contributed by atoms with Crippen LogP contribution in [-0.4, -0.2) is 5.11 Å². The molecule has 0 fully saturated rings. The molecule has 0 unspecified atom stereocenters. The highest BCUT2D eigenvalue weighted by atomic mass is 32.1. The van der Waals surface area contributed by atoms with Gasteiger partial charge in [-0.1, -0.05) is 42.5 Å². The van der Waals surface area contributed by atoms with E-state index in [0.29, 0.717) is 12.3 Å². The standard InChI is InChI=1S/C17H15NOS/c19-16-9-4-1-6-13(16)12-18-15-8-3-2-7-14(15)17-10-5-11-20-17/h1-11,18-19H,12H2. The number of aromatic hydroxyl groups is 1. The largest absolute Gasteiger partial charge is 0.508 e. The lowest BCUT2D eigenvalue weighted by atomic mass is 10.1. The van der Waals surface area contributed by atoms with Gasteiger partial charge in [0.2, 0.25) is 0 Å². The smallest absolute Gasteiger partial charge is 0.120 e. The Hall–Kier alpha value is -2.26. The van der Waals surface area contributed by atoms with Crippen molar-refractivity contribution in [3.63, 3.8) is 0 Å². The van der Waals surface area contributed by atoms with E-state index in [1.165, 1.54) is 10.4 Å². The summed E-state index contributed by atoms with van der Waals surface area (Å²) >= 11 is 1.73. The molecule has 3 rings (SSSR count). The van der Waals surface area contributed by atoms with E-state index in [2.05, 4.69) is 35.0 Å². The molecule has 20 heavy (non-hydrogen) atoms. The molecule has 0 saturated heterocycles. The molecule has 2 nitrogen and oxygen atoms in total. The molecule has 0 aliphatic rings. The molecule has 2 aromatic carbocycles. The molecule has 0 bridgehead atoms. The molecule has 100 valence electrons. The first-order valence-electron chi connectivity index (χ1n) is 6.48. The zero-order valence-corrected chi connectivity index (χ0v) is 11.7. The molecule has 0 amide bonds. The molecule has 0 saturated carbocycles. The van der Waals surface area contributed by atoms with Gasteiger partial charge in [-0.3, -0.25) is 0 Å². The van der Waals surface area contributed by atoms with E-state index in [1.807, 2.05) is 30.3 Å². The Labute approximate surface area is 122 Å². The summed E-state index contributed by atoms with van der Waals surface area (Å²) in [5.41, 5.74) is 3.17. The minimum Gasteiger partial charge on any atom is -0.508 e. The van der Waals surface area contributed by atoms with Gasteiger partial charge >= 0.3 is 0 Å². The van der Waals surface area contributed by atoms with Crippen LogP contribution in [0.4, 0.5) is 5.69 Å². The maximum atomic E-state index is 9.80. The number of nitrogens with one attached hydrogen (secondary N) is 1. The first-order valence-corrected chi connectivity index (χ1v) is 7.36. The predicted molar refractivity (Wildman–Crippen MR) is 85.2 cm³/mol. The van der Waals surface area contributed by atoms with Crippen LogP contribution in [0.2, 0.25) is 0 Å². The molecule has 0 atom stereocenters. The quantitative estimate of drug-likeness (QED) is 0.724. The van der Waals surface area contributed by atoms with Crippen LogP contribution in [0.3, 0.4) is 0 Å². The number of para-hydroxylation sites is 2. The third-order valence-electron chi connectivity index (χ3n) is 3.17. The second-order valence-electron chi connectivity index (χ2n) is 4.51. The SMILES string of the molecule is Oc1ccccc1CNc1ccccc1-c1cccs1. The fourth-order valence-corrected chi connectivity index (χ4v) is 2.90. The number of hydrogen-bond acceptors (Lipinski definition) is 3. The number of benzene rings is 2. The van der Waals surface area contributed by atoms with E-state index < -0.39 is 0 Å². The van der Waals surface area contributed by atoms with Gasteiger partial charge in [0.25, 0.3) is 0 Å². The monoisotopic (exact) mass is 281 g/mol. The lowest BCUT2D eigenvalue weighted by molar-refractivity contribution is 0.469. The van der Waals surface area contributed by atoms with Crippen LogP contribution < -0.4 is 5.32 Å². The molecule has 1 heterocycles. The highest BCUT2D eigenvalue weighted by Crippen LogP contribution is 2.31. The van der Waals surface area contributed by atoms with Crippen LogP contribution in [0.15, 0.2) is 66.0 Å². The molecule has 3 aromatic rings. The minimum atomic E-state index is 0.327. The number of phenolic OH excluding ortho intramolecular Hbond substituents is 1. The molecule has 2 N–H and O–H groups in total. The van der Waals surface area contributed by atoms with Crippen molar-refractivity contribution in [1.82, 2.24) is 0 Å². The van der Waals surface area contributed by atoms with Gasteiger partial charge in [-0.05, 0) is 23.6 Å². The van der Waals surface area contributed by atoms with Gasteiger partial charge in [0.1, 0.15) is 5.75 Å². The van der Waals surface area contributed by atoms with Crippen molar-refractivity contribution < 1.29 is 5.11 Å². The summed E-state index contributed by atoms with van der Waals surface area (Å²) in [6, 6.07) is 19.8. The summed E-state index contributed by atoms with van der Waals surface area (Å²) < 4.78 is 0. The third kappa shape index (κ3) is 2.68. The first kappa shape index (κ1) is 12.8. The Morgan fingerprint density at radius 3 is 2.50 bits per heavy atom. The topological polar surface area (TPSA) is 32.3 Å². The lowest BCUT2D eigenvalue weighted by Crippen LogP contribution is -2.00. The predicted octanol–water partition coefficient (Wildman–Crippen LogP) is 4.73. The summed E-state index contributed by atoms with van der Waals surface area (Å²) in [6.45, 7) is 0.606. The summed E-state index contributed by atoms with van der Waals surface area (Å²) in [6.07, 6.45) is 0. The Kier molecular flexibility index (Phi) is 3.70. The summed E-state index contributed by atoms with van der Waals surface area (Å²) in [5, 5.41) is 15.3. The molecule has 0 radical (unpaired) electrons. The van der Waals surface area contributed by atoms with E-state index in [9.17, 15) is 5.11 Å². The van der Waals surface area contributed by atoms with Crippen molar-refractivity contribution in [1.29, 1.82) is 0 Å². The molecule has 3 heteroatoms. The van der Waals surface area contributed by atoms with E-state index in [0.717, 1.165) is 11.3 Å². The van der Waals surface area contributed by atoms with Gasteiger partial charge in [0, 0.05) is 28.2 Å². The van der Waals surface area contributed by atoms with Crippen molar-refractivity contribution in [3.05, 3.63) is 71.6 Å². The fourth-order valence-electron chi connectivity index (χ4n) is 2.13. The average Bonchev–Trinajstić information content (AvgIpc) is 3.01. The van der Waals surface area contributed by atoms with E-state index in [4.69, 9.17) is 0 Å². The van der Waals surface area contributed by atoms with Gasteiger partial charge in [0.15, 0.2) is 0 Å². The second kappa shape index (κ2) is 5.80. The van der Waals surface area contributed by atoms with Crippen molar-refractivity contribution >= 4 is 17.0 Å². The second-order valence-corrected chi connectivity index (χ2v) is 5.45. The third-order valence-corrected chi connectivity index (χ3v) is 4.08. The Morgan fingerprint density at radius 1 is 0.900 bits per heavy atom. The summed E-state index contributed by atoms with van der Waals surface area (Å²) in [5.74, 6) is 0.327. The van der Waals surface area contributed by atoms with E-state index >= 15 is 0 Å². The van der Waals surface area contributed by atoms with Gasteiger partial charge in [0.05, 0.1) is 0 Å². The average molecular weight is 281 g/mol. The number of anilines is 1. The first-order chi connectivity index (χ1) is 9.84. The summed E-state index contributed by atoms with van der Waals surface area (Å²) in [4.78, 5) is 1.24. The fraction of sp³-hybridized carbons (Fsp3) is 0.0588. The number of thiophene rings is 1. The van der Waals surface area contributed by atoms with Crippen LogP contribution in [-0.2, 0) is 6.54 Å². The number of rotatable bonds is 4. The summed E-state index contributed by atoms with van der Waals surface area (Å²) in [7, 11) is 0. The van der Waals surface area contributed by atoms with Crippen LogP contribution in [0, 0.1) is 0 Å². The molecule has 0 spiro atoms. The van der Waals surface area contributed by atoms with Crippen molar-refractivity contribution in [2.24, 2.45) is 0 Å². The Bertz CT molecular complexity index is 692. The van der Waals surface area contributed by atoms with Gasteiger partial charge in [-0.25, -0.2) is 0 Å². The van der Waals surface area contributed by atoms with E-state index in [1.54, 1.807) is 17.4 Å². The molecular formula is C17H15NOS. The molecular weight excluding hydrogens is 266 g/mol. The van der Waals surface area contributed by atoms with Gasteiger partial charge in [-0.15, -0.1) is 11.3 Å². The number of phenols is 1. The van der Waals surface area contributed by atoms with Gasteiger partial charge < -0.3 is 10.4 Å². The Morgan fingerprint density at radius 2 is 1.70 bits per heavy atom. The minimum absolute atomic E-state index is 0.327. The van der Waals surface area contributed by atoms with Crippen LogP contribution in [0.1, 0.15) is 5.56 Å². The van der Waals surface area contributed by atoms with Crippen LogP contribution in [0.25, 0.3) is 10.4 Å². The van der Waals surface area contributed by atoms with Crippen molar-refractivity contribution in [2.45, 2.75) is 6.54 Å². The number of hydrogen-bond donors (Lipinski definition) is 2.